The zero-order valence-electron chi connectivity index (χ0n) is 10.2. The number of para-hydroxylation sites is 2. The molecular weight excluding hydrogens is 234 g/mol. The maximum atomic E-state index is 4.80. The molecule has 90 valence electrons. The number of nitrogens with zero attached hydrogens (tertiary/aromatic N) is 3. The molecule has 3 nitrogen and oxygen atoms in total. The van der Waals surface area contributed by atoms with Crippen molar-refractivity contribution >= 4 is 16.6 Å². The molecule has 0 N–H and O–H groups in total. The Bertz CT molecular complexity index is 863. The Hall–Kier alpha value is -2.68. The highest BCUT2D eigenvalue weighted by atomic mass is 14.9. The van der Waals surface area contributed by atoms with Gasteiger partial charge in [0, 0.05) is 24.2 Å². The summed E-state index contributed by atoms with van der Waals surface area (Å²) >= 11 is 0. The minimum atomic E-state index is 0.992. The van der Waals surface area contributed by atoms with Crippen LogP contribution in [0.5, 0.6) is 0 Å². The molecular formula is C16H11N3. The van der Waals surface area contributed by atoms with E-state index in [4.69, 9.17) is 4.98 Å². The number of rotatable bonds is 1. The van der Waals surface area contributed by atoms with Crippen LogP contribution in [0, 0.1) is 0 Å². The molecule has 0 amide bonds. The summed E-state index contributed by atoms with van der Waals surface area (Å²) in [5.41, 5.74) is 5.32. The van der Waals surface area contributed by atoms with Crippen molar-refractivity contribution in [2.75, 3.05) is 0 Å². The van der Waals surface area contributed by atoms with Gasteiger partial charge in [-0.3, -0.25) is 4.98 Å². The monoisotopic (exact) mass is 245 g/mol. The molecule has 4 aromatic rings. The Labute approximate surface area is 110 Å². The number of pyridine rings is 1. The van der Waals surface area contributed by atoms with E-state index in [1.165, 1.54) is 0 Å². The largest absolute Gasteiger partial charge is 0.313 e. The minimum Gasteiger partial charge on any atom is -0.313 e. The van der Waals surface area contributed by atoms with Crippen LogP contribution in [0.4, 0.5) is 0 Å². The fourth-order valence-corrected chi connectivity index (χ4v) is 2.45. The molecule has 3 aromatic heterocycles. The fourth-order valence-electron chi connectivity index (χ4n) is 2.45. The van der Waals surface area contributed by atoms with Gasteiger partial charge in [0.1, 0.15) is 0 Å². The van der Waals surface area contributed by atoms with Crippen molar-refractivity contribution in [2.45, 2.75) is 0 Å². The van der Waals surface area contributed by atoms with E-state index in [0.29, 0.717) is 0 Å². The molecule has 0 radical (unpaired) electrons. The molecule has 3 heterocycles. The van der Waals surface area contributed by atoms with Crippen LogP contribution in [-0.2, 0) is 0 Å². The van der Waals surface area contributed by atoms with Crippen molar-refractivity contribution in [1.82, 2.24) is 14.4 Å². The summed E-state index contributed by atoms with van der Waals surface area (Å²) in [4.78, 5) is 8.86. The van der Waals surface area contributed by atoms with Gasteiger partial charge < -0.3 is 4.40 Å². The topological polar surface area (TPSA) is 30.2 Å². The van der Waals surface area contributed by atoms with Crippen molar-refractivity contribution in [3.8, 4) is 11.3 Å². The number of hydrogen-bond acceptors (Lipinski definition) is 2. The smallest absolute Gasteiger partial charge is 0.0951 e. The van der Waals surface area contributed by atoms with Gasteiger partial charge in [-0.15, -0.1) is 0 Å². The molecule has 0 aliphatic heterocycles. The molecule has 0 aliphatic carbocycles. The molecule has 1 aromatic carbocycles. The van der Waals surface area contributed by atoms with Gasteiger partial charge in [0.25, 0.3) is 0 Å². The Kier molecular flexibility index (Phi) is 2.12. The van der Waals surface area contributed by atoms with Crippen molar-refractivity contribution in [1.29, 1.82) is 0 Å². The summed E-state index contributed by atoms with van der Waals surface area (Å²) < 4.78 is 2.18. The third kappa shape index (κ3) is 1.52. The van der Waals surface area contributed by atoms with E-state index in [1.54, 1.807) is 12.4 Å². The molecule has 0 bridgehead atoms. The molecule has 0 saturated heterocycles. The van der Waals surface area contributed by atoms with Gasteiger partial charge in [-0.1, -0.05) is 12.1 Å². The van der Waals surface area contributed by atoms with E-state index >= 15 is 0 Å². The molecule has 3 heteroatoms. The Morgan fingerprint density at radius 3 is 2.47 bits per heavy atom. The maximum absolute atomic E-state index is 4.80. The van der Waals surface area contributed by atoms with E-state index in [9.17, 15) is 0 Å². The van der Waals surface area contributed by atoms with Crippen molar-refractivity contribution in [3.63, 3.8) is 0 Å². The number of hydrogen-bond donors (Lipinski definition) is 0. The first-order valence-electron chi connectivity index (χ1n) is 6.20. The average Bonchev–Trinajstić information content (AvgIpc) is 2.97. The SMILES string of the molecule is c1ccc2c(c1)nc(-c1ccncc1)c1cccn12. The van der Waals surface area contributed by atoms with E-state index in [2.05, 4.69) is 27.7 Å². The lowest BCUT2D eigenvalue weighted by molar-refractivity contribution is 1.22. The van der Waals surface area contributed by atoms with Crippen molar-refractivity contribution < 1.29 is 0 Å². The lowest BCUT2D eigenvalue weighted by Crippen LogP contribution is -1.94. The lowest BCUT2D eigenvalue weighted by atomic mass is 10.1. The molecule has 4 rings (SSSR count). The minimum absolute atomic E-state index is 0.992. The lowest BCUT2D eigenvalue weighted by Gasteiger charge is -2.08. The zero-order valence-corrected chi connectivity index (χ0v) is 10.2. The predicted octanol–water partition coefficient (Wildman–Crippen LogP) is 3.55. The molecule has 0 saturated carbocycles. The highest BCUT2D eigenvalue weighted by Gasteiger charge is 2.09. The van der Waals surface area contributed by atoms with Crippen LogP contribution < -0.4 is 0 Å². The van der Waals surface area contributed by atoms with Crippen LogP contribution in [0.2, 0.25) is 0 Å². The van der Waals surface area contributed by atoms with Crippen LogP contribution in [-0.4, -0.2) is 14.4 Å². The molecule has 0 atom stereocenters. The third-order valence-corrected chi connectivity index (χ3v) is 3.32. The summed E-state index contributed by atoms with van der Waals surface area (Å²) in [6.45, 7) is 0. The van der Waals surface area contributed by atoms with Gasteiger partial charge in [0.15, 0.2) is 0 Å². The summed E-state index contributed by atoms with van der Waals surface area (Å²) in [6, 6.07) is 16.3. The first-order chi connectivity index (χ1) is 9.43. The van der Waals surface area contributed by atoms with E-state index in [1.807, 2.05) is 36.4 Å². The van der Waals surface area contributed by atoms with Crippen LogP contribution in [0.1, 0.15) is 0 Å². The zero-order chi connectivity index (χ0) is 12.7. The second kappa shape index (κ2) is 3.92. The molecule has 0 aliphatic rings. The standard InChI is InChI=1S/C16H11N3/c1-2-5-14-13(4-1)18-16(12-7-9-17-10-8-12)15-6-3-11-19(14)15/h1-11H. The highest BCUT2D eigenvalue weighted by Crippen LogP contribution is 2.26. The number of fused-ring (bicyclic) bond motifs is 3. The van der Waals surface area contributed by atoms with E-state index in [-0.39, 0.29) is 0 Å². The summed E-state index contributed by atoms with van der Waals surface area (Å²) in [5, 5.41) is 0. The normalized spacial score (nSPS) is 11.2. The maximum Gasteiger partial charge on any atom is 0.0951 e. The summed E-state index contributed by atoms with van der Waals surface area (Å²) in [6.07, 6.45) is 5.67. The van der Waals surface area contributed by atoms with Crippen LogP contribution in [0.15, 0.2) is 67.1 Å². The van der Waals surface area contributed by atoms with Crippen LogP contribution in [0.3, 0.4) is 0 Å². The second-order valence-electron chi connectivity index (χ2n) is 4.45. The number of aromatic nitrogens is 3. The molecule has 0 fully saturated rings. The van der Waals surface area contributed by atoms with Crippen molar-refractivity contribution in [2.24, 2.45) is 0 Å². The molecule has 0 unspecified atom stereocenters. The number of benzene rings is 1. The predicted molar refractivity (Wildman–Crippen MR) is 75.9 cm³/mol. The van der Waals surface area contributed by atoms with Crippen molar-refractivity contribution in [3.05, 3.63) is 67.1 Å². The van der Waals surface area contributed by atoms with E-state index < -0.39 is 0 Å². The van der Waals surface area contributed by atoms with Crippen LogP contribution in [0.25, 0.3) is 27.8 Å². The Morgan fingerprint density at radius 1 is 0.789 bits per heavy atom. The van der Waals surface area contributed by atoms with Gasteiger partial charge in [-0.05, 0) is 36.4 Å². The van der Waals surface area contributed by atoms with Gasteiger partial charge in [-0.25, -0.2) is 4.98 Å². The Balaban J connectivity index is 2.17. The van der Waals surface area contributed by atoms with Crippen LogP contribution >= 0.6 is 0 Å². The molecule has 19 heavy (non-hydrogen) atoms. The first-order valence-corrected chi connectivity index (χ1v) is 6.20. The summed E-state index contributed by atoms with van der Waals surface area (Å²) in [7, 11) is 0. The third-order valence-electron chi connectivity index (χ3n) is 3.32. The van der Waals surface area contributed by atoms with Gasteiger partial charge in [0.2, 0.25) is 0 Å². The molecule has 0 spiro atoms. The average molecular weight is 245 g/mol. The fraction of sp³-hybridized carbons (Fsp3) is 0. The van der Waals surface area contributed by atoms with E-state index in [0.717, 1.165) is 27.8 Å². The highest BCUT2D eigenvalue weighted by molar-refractivity contribution is 5.87. The summed E-state index contributed by atoms with van der Waals surface area (Å²) in [5.74, 6) is 0. The van der Waals surface area contributed by atoms with Gasteiger partial charge >= 0.3 is 0 Å². The second-order valence-corrected chi connectivity index (χ2v) is 4.45. The quantitative estimate of drug-likeness (QED) is 0.513. The first kappa shape index (κ1) is 10.3. The van der Waals surface area contributed by atoms with Gasteiger partial charge in [-0.2, -0.15) is 0 Å². The van der Waals surface area contributed by atoms with Gasteiger partial charge in [0.05, 0.1) is 22.2 Å². The Morgan fingerprint density at radius 2 is 1.58 bits per heavy atom.